The van der Waals surface area contributed by atoms with Crippen LogP contribution in [0.25, 0.3) is 0 Å². The Bertz CT molecular complexity index is 558. The van der Waals surface area contributed by atoms with Crippen molar-refractivity contribution in [1.29, 1.82) is 0 Å². The van der Waals surface area contributed by atoms with Gasteiger partial charge in [0.2, 0.25) is 10.0 Å². The highest BCUT2D eigenvalue weighted by atomic mass is 32.2. The summed E-state index contributed by atoms with van der Waals surface area (Å²) in [7, 11) is -2.09. The molecule has 0 aromatic heterocycles. The zero-order valence-electron chi connectivity index (χ0n) is 10.3. The van der Waals surface area contributed by atoms with Crippen LogP contribution in [0.3, 0.4) is 0 Å². The lowest BCUT2D eigenvalue weighted by atomic mass is 10.2. The van der Waals surface area contributed by atoms with Crippen molar-refractivity contribution in [3.63, 3.8) is 0 Å². The molecule has 1 rings (SSSR count). The minimum atomic E-state index is -3.51. The molecule has 0 unspecified atom stereocenters. The minimum absolute atomic E-state index is 0.130. The average molecular weight is 289 g/mol. The van der Waals surface area contributed by atoms with E-state index in [1.165, 1.54) is 19.2 Å². The lowest BCUT2D eigenvalue weighted by Crippen LogP contribution is -2.18. The molecular weight excluding hydrogens is 274 g/mol. The fraction of sp³-hybridized carbons (Fsp3) is 0.400. The van der Waals surface area contributed by atoms with Crippen LogP contribution in [0.4, 0.5) is 11.4 Å². The lowest BCUT2D eigenvalue weighted by molar-refractivity contribution is -0.384. The maximum atomic E-state index is 10.9. The molecule has 0 saturated carbocycles. The third-order valence-corrected chi connectivity index (χ3v) is 3.18. The maximum Gasteiger partial charge on any atom is 0.296 e. The van der Waals surface area contributed by atoms with Crippen LogP contribution in [0.1, 0.15) is 6.42 Å². The Hall–Kier alpha value is -1.87. The van der Waals surface area contributed by atoms with E-state index in [0.29, 0.717) is 11.4 Å². The first-order chi connectivity index (χ1) is 8.83. The van der Waals surface area contributed by atoms with Gasteiger partial charge in [0.1, 0.15) is 11.4 Å². The van der Waals surface area contributed by atoms with Crippen molar-refractivity contribution >= 4 is 21.4 Å². The van der Waals surface area contributed by atoms with Crippen molar-refractivity contribution in [1.82, 2.24) is 0 Å². The summed E-state index contributed by atoms with van der Waals surface area (Å²) in [4.78, 5) is 10.3. The molecule has 1 aromatic carbocycles. The molecule has 0 aliphatic carbocycles. The number of nitro benzene ring substituents is 1. The van der Waals surface area contributed by atoms with Crippen molar-refractivity contribution in [2.24, 2.45) is 5.14 Å². The Balaban J connectivity index is 2.70. The van der Waals surface area contributed by atoms with Crippen LogP contribution in [-0.2, 0) is 10.0 Å². The van der Waals surface area contributed by atoms with Gasteiger partial charge in [-0.1, -0.05) is 0 Å². The molecule has 0 atom stereocenters. The maximum absolute atomic E-state index is 10.9. The molecule has 0 spiro atoms. The van der Waals surface area contributed by atoms with Crippen molar-refractivity contribution in [2.45, 2.75) is 6.42 Å². The molecular formula is C10H15N3O5S. The zero-order chi connectivity index (χ0) is 14.5. The second kappa shape index (κ2) is 6.34. The largest absolute Gasteiger partial charge is 0.496 e. The number of benzene rings is 1. The number of nitrogens with one attached hydrogen (secondary N) is 1. The van der Waals surface area contributed by atoms with E-state index in [9.17, 15) is 18.5 Å². The molecule has 0 amide bonds. The molecule has 19 heavy (non-hydrogen) atoms. The van der Waals surface area contributed by atoms with Gasteiger partial charge in [-0.3, -0.25) is 10.1 Å². The highest BCUT2D eigenvalue weighted by Crippen LogP contribution is 2.28. The molecule has 0 bridgehead atoms. The molecule has 106 valence electrons. The van der Waals surface area contributed by atoms with E-state index in [-0.39, 0.29) is 24.4 Å². The summed E-state index contributed by atoms with van der Waals surface area (Å²) in [5.41, 5.74) is 0.176. The van der Waals surface area contributed by atoms with Gasteiger partial charge in [0, 0.05) is 6.54 Å². The van der Waals surface area contributed by atoms with Crippen molar-refractivity contribution in [3.8, 4) is 5.75 Å². The number of primary sulfonamides is 1. The first-order valence-electron chi connectivity index (χ1n) is 5.40. The van der Waals surface area contributed by atoms with Gasteiger partial charge in [0.15, 0.2) is 0 Å². The van der Waals surface area contributed by atoms with E-state index in [1.54, 1.807) is 6.07 Å². The number of methoxy groups -OCH3 is 1. The predicted octanol–water partition coefficient (Wildman–Crippen LogP) is 0.694. The van der Waals surface area contributed by atoms with Crippen LogP contribution < -0.4 is 15.2 Å². The molecule has 3 N–H and O–H groups in total. The van der Waals surface area contributed by atoms with E-state index in [1.807, 2.05) is 0 Å². The second-order valence-corrected chi connectivity index (χ2v) is 5.52. The van der Waals surface area contributed by atoms with Crippen molar-refractivity contribution < 1.29 is 18.1 Å². The van der Waals surface area contributed by atoms with Crippen molar-refractivity contribution in [2.75, 3.05) is 24.7 Å². The number of ether oxygens (including phenoxy) is 1. The van der Waals surface area contributed by atoms with Crippen LogP contribution in [-0.4, -0.2) is 32.7 Å². The number of nitro groups is 1. The minimum Gasteiger partial charge on any atom is -0.496 e. The third-order valence-electron chi connectivity index (χ3n) is 2.32. The van der Waals surface area contributed by atoms with Crippen LogP contribution >= 0.6 is 0 Å². The molecule has 1 aromatic rings. The fourth-order valence-corrected chi connectivity index (χ4v) is 1.98. The van der Waals surface area contributed by atoms with E-state index in [2.05, 4.69) is 5.32 Å². The Morgan fingerprint density at radius 2 is 2.16 bits per heavy atom. The van der Waals surface area contributed by atoms with Gasteiger partial charge >= 0.3 is 0 Å². The zero-order valence-corrected chi connectivity index (χ0v) is 11.1. The Morgan fingerprint density at radius 1 is 1.47 bits per heavy atom. The molecule has 0 aliphatic rings. The SMILES string of the molecule is COc1ccc(NCCCS(N)(=O)=O)c([N+](=O)[O-])c1. The fourth-order valence-electron chi connectivity index (χ4n) is 1.44. The highest BCUT2D eigenvalue weighted by Gasteiger charge is 2.14. The van der Waals surface area contributed by atoms with Gasteiger partial charge in [-0.05, 0) is 18.6 Å². The van der Waals surface area contributed by atoms with Crippen LogP contribution in [0.15, 0.2) is 18.2 Å². The van der Waals surface area contributed by atoms with Gasteiger partial charge in [-0.2, -0.15) is 0 Å². The summed E-state index contributed by atoms with van der Waals surface area (Å²) in [5, 5.41) is 18.5. The van der Waals surface area contributed by atoms with E-state index in [0.717, 1.165) is 0 Å². The lowest BCUT2D eigenvalue weighted by Gasteiger charge is -2.08. The molecule has 0 radical (unpaired) electrons. The molecule has 0 fully saturated rings. The smallest absolute Gasteiger partial charge is 0.296 e. The number of nitrogens with two attached hydrogens (primary N) is 1. The molecule has 9 heteroatoms. The van der Waals surface area contributed by atoms with E-state index >= 15 is 0 Å². The molecule has 0 saturated heterocycles. The van der Waals surface area contributed by atoms with E-state index < -0.39 is 14.9 Å². The van der Waals surface area contributed by atoms with Gasteiger partial charge in [0.25, 0.3) is 5.69 Å². The van der Waals surface area contributed by atoms with Gasteiger partial charge in [-0.15, -0.1) is 0 Å². The monoisotopic (exact) mass is 289 g/mol. The predicted molar refractivity (Wildman–Crippen MR) is 70.7 cm³/mol. The average Bonchev–Trinajstić information content (AvgIpc) is 2.33. The topological polar surface area (TPSA) is 125 Å². The number of hydrogen-bond donors (Lipinski definition) is 2. The third kappa shape index (κ3) is 5.10. The van der Waals surface area contributed by atoms with Crippen LogP contribution in [0.5, 0.6) is 5.75 Å². The number of anilines is 1. The standard InChI is InChI=1S/C10H15N3O5S/c1-18-8-3-4-9(10(7-8)13(14)15)12-5-2-6-19(11,16)17/h3-4,7,12H,2,5-6H2,1H3,(H2,11,16,17). The Morgan fingerprint density at radius 3 is 2.68 bits per heavy atom. The summed E-state index contributed by atoms with van der Waals surface area (Å²) in [6, 6.07) is 4.38. The van der Waals surface area contributed by atoms with Crippen molar-refractivity contribution in [3.05, 3.63) is 28.3 Å². The summed E-state index contributed by atoms with van der Waals surface area (Å²) < 4.78 is 26.4. The Kier molecular flexibility index (Phi) is 5.07. The molecule has 0 heterocycles. The first kappa shape index (κ1) is 15.2. The number of hydrogen-bond acceptors (Lipinski definition) is 6. The molecule has 8 nitrogen and oxygen atoms in total. The summed E-state index contributed by atoms with van der Waals surface area (Å²) >= 11 is 0. The summed E-state index contributed by atoms with van der Waals surface area (Å²) in [6.07, 6.45) is 0.266. The van der Waals surface area contributed by atoms with Gasteiger partial charge in [-0.25, -0.2) is 13.6 Å². The van der Waals surface area contributed by atoms with E-state index in [4.69, 9.17) is 9.88 Å². The second-order valence-electron chi connectivity index (χ2n) is 3.79. The number of sulfonamides is 1. The Labute approximate surface area is 110 Å². The summed E-state index contributed by atoms with van der Waals surface area (Å²) in [6.45, 7) is 0.267. The highest BCUT2D eigenvalue weighted by molar-refractivity contribution is 7.89. The quantitative estimate of drug-likeness (QED) is 0.432. The van der Waals surface area contributed by atoms with Gasteiger partial charge < -0.3 is 10.1 Å². The van der Waals surface area contributed by atoms with Crippen LogP contribution in [0, 0.1) is 10.1 Å². The van der Waals surface area contributed by atoms with Gasteiger partial charge in [0.05, 0.1) is 23.9 Å². The first-order valence-corrected chi connectivity index (χ1v) is 7.12. The number of rotatable bonds is 7. The number of nitrogens with zero attached hydrogens (tertiary/aromatic N) is 1. The molecule has 0 aliphatic heterocycles. The summed E-state index contributed by atoms with van der Waals surface area (Å²) in [5.74, 6) is 0.200. The van der Waals surface area contributed by atoms with Crippen LogP contribution in [0.2, 0.25) is 0 Å². The normalized spacial score (nSPS) is 11.1.